The number of rotatable bonds is 2. The fourth-order valence-electron chi connectivity index (χ4n) is 2.94. The SMILES string of the molecule is NC(=S)C1(n2sc3ccccc3c2=O)CCCCC1. The molecule has 5 heteroatoms. The molecule has 2 N–H and O–H groups in total. The number of nitrogens with two attached hydrogens (primary N) is 1. The third kappa shape index (κ3) is 1.92. The second-order valence-corrected chi connectivity index (χ2v) is 6.57. The van der Waals surface area contributed by atoms with E-state index in [4.69, 9.17) is 18.0 Å². The summed E-state index contributed by atoms with van der Waals surface area (Å²) in [4.78, 5) is 13.1. The fourth-order valence-corrected chi connectivity index (χ4v) is 4.52. The van der Waals surface area contributed by atoms with Gasteiger partial charge in [-0.25, -0.2) is 3.96 Å². The Morgan fingerprint density at radius 3 is 2.58 bits per heavy atom. The second-order valence-electron chi connectivity index (χ2n) is 5.14. The summed E-state index contributed by atoms with van der Waals surface area (Å²) < 4.78 is 2.84. The van der Waals surface area contributed by atoms with Gasteiger partial charge in [0.15, 0.2) is 0 Å². The monoisotopic (exact) mass is 292 g/mol. The van der Waals surface area contributed by atoms with Crippen LogP contribution < -0.4 is 11.3 Å². The molecule has 1 saturated carbocycles. The van der Waals surface area contributed by atoms with Crippen molar-refractivity contribution in [2.45, 2.75) is 37.6 Å². The maximum atomic E-state index is 12.6. The molecule has 0 atom stereocenters. The zero-order chi connectivity index (χ0) is 13.5. The normalized spacial score (nSPS) is 18.5. The van der Waals surface area contributed by atoms with E-state index in [1.807, 2.05) is 28.2 Å². The first-order chi connectivity index (χ1) is 9.15. The molecule has 0 radical (unpaired) electrons. The van der Waals surface area contributed by atoms with Crippen LogP contribution in [0.5, 0.6) is 0 Å². The number of fused-ring (bicyclic) bond motifs is 1. The molecule has 19 heavy (non-hydrogen) atoms. The topological polar surface area (TPSA) is 48.0 Å². The second kappa shape index (κ2) is 4.72. The van der Waals surface area contributed by atoms with Gasteiger partial charge in [0.05, 0.1) is 10.1 Å². The van der Waals surface area contributed by atoms with Crippen LogP contribution in [0.1, 0.15) is 32.1 Å². The molecule has 0 spiro atoms. The summed E-state index contributed by atoms with van der Waals surface area (Å²) in [7, 11) is 0. The Morgan fingerprint density at radius 2 is 1.95 bits per heavy atom. The van der Waals surface area contributed by atoms with Gasteiger partial charge < -0.3 is 5.73 Å². The molecule has 2 aromatic rings. The van der Waals surface area contributed by atoms with Crippen molar-refractivity contribution in [3.8, 4) is 0 Å². The lowest BCUT2D eigenvalue weighted by Gasteiger charge is -2.36. The van der Waals surface area contributed by atoms with Gasteiger partial charge in [-0.3, -0.25) is 4.79 Å². The van der Waals surface area contributed by atoms with Crippen molar-refractivity contribution in [3.05, 3.63) is 34.6 Å². The zero-order valence-corrected chi connectivity index (χ0v) is 12.2. The molecule has 1 aromatic carbocycles. The molecule has 1 aromatic heterocycles. The summed E-state index contributed by atoms with van der Waals surface area (Å²) in [5.41, 5.74) is 5.62. The van der Waals surface area contributed by atoms with E-state index in [-0.39, 0.29) is 5.56 Å². The summed E-state index contributed by atoms with van der Waals surface area (Å²) in [6.07, 6.45) is 5.13. The van der Waals surface area contributed by atoms with Crippen molar-refractivity contribution in [2.24, 2.45) is 5.73 Å². The van der Waals surface area contributed by atoms with Gasteiger partial charge in [-0.2, -0.15) is 0 Å². The highest BCUT2D eigenvalue weighted by molar-refractivity contribution is 7.80. The molecule has 100 valence electrons. The largest absolute Gasteiger partial charge is 0.391 e. The van der Waals surface area contributed by atoms with Gasteiger partial charge in [0.1, 0.15) is 10.5 Å². The average molecular weight is 292 g/mol. The highest BCUT2D eigenvalue weighted by atomic mass is 32.1. The van der Waals surface area contributed by atoms with Gasteiger partial charge >= 0.3 is 0 Å². The van der Waals surface area contributed by atoms with E-state index in [0.29, 0.717) is 4.99 Å². The highest BCUT2D eigenvalue weighted by Crippen LogP contribution is 2.37. The first kappa shape index (κ1) is 12.8. The number of nitrogens with zero attached hydrogens (tertiary/aromatic N) is 1. The molecular formula is C14H16N2OS2. The Morgan fingerprint density at radius 1 is 1.26 bits per heavy atom. The molecule has 1 aliphatic carbocycles. The minimum atomic E-state index is -0.436. The van der Waals surface area contributed by atoms with Gasteiger partial charge in [-0.05, 0) is 25.0 Å². The van der Waals surface area contributed by atoms with Gasteiger partial charge in [-0.15, -0.1) is 0 Å². The molecule has 0 saturated heterocycles. The van der Waals surface area contributed by atoms with E-state index < -0.39 is 5.54 Å². The van der Waals surface area contributed by atoms with Crippen LogP contribution in [0.4, 0.5) is 0 Å². The van der Waals surface area contributed by atoms with Crippen LogP contribution in [0.15, 0.2) is 29.1 Å². The molecule has 0 aliphatic heterocycles. The molecule has 1 heterocycles. The third-order valence-corrected chi connectivity index (χ3v) is 5.65. The Labute approximate surface area is 121 Å². The van der Waals surface area contributed by atoms with Crippen LogP contribution in [-0.2, 0) is 5.54 Å². The van der Waals surface area contributed by atoms with Crippen molar-refractivity contribution in [3.63, 3.8) is 0 Å². The number of aromatic nitrogens is 1. The van der Waals surface area contributed by atoms with E-state index in [1.165, 1.54) is 18.0 Å². The van der Waals surface area contributed by atoms with Crippen LogP contribution >= 0.6 is 23.8 Å². The van der Waals surface area contributed by atoms with Crippen LogP contribution in [0, 0.1) is 0 Å². The maximum absolute atomic E-state index is 12.6. The molecule has 1 aliphatic rings. The summed E-state index contributed by atoms with van der Waals surface area (Å²) in [6.45, 7) is 0. The van der Waals surface area contributed by atoms with Gasteiger partial charge in [0.2, 0.25) is 0 Å². The van der Waals surface area contributed by atoms with Crippen LogP contribution in [-0.4, -0.2) is 8.95 Å². The van der Waals surface area contributed by atoms with E-state index in [1.54, 1.807) is 0 Å². The summed E-state index contributed by atoms with van der Waals surface area (Å²) in [5, 5.41) is 0.772. The van der Waals surface area contributed by atoms with E-state index in [2.05, 4.69) is 0 Å². The van der Waals surface area contributed by atoms with Crippen LogP contribution in [0.2, 0.25) is 0 Å². The maximum Gasteiger partial charge on any atom is 0.269 e. The lowest BCUT2D eigenvalue weighted by molar-refractivity contribution is 0.296. The first-order valence-corrected chi connectivity index (χ1v) is 7.75. The van der Waals surface area contributed by atoms with Crippen molar-refractivity contribution in [1.29, 1.82) is 0 Å². The third-order valence-electron chi connectivity index (χ3n) is 4.02. The Balaban J connectivity index is 2.23. The molecule has 0 unspecified atom stereocenters. The van der Waals surface area contributed by atoms with Crippen molar-refractivity contribution >= 4 is 38.8 Å². The minimum absolute atomic E-state index is 0.0512. The van der Waals surface area contributed by atoms with Crippen LogP contribution in [0.3, 0.4) is 0 Å². The Hall–Kier alpha value is -1.20. The summed E-state index contributed by atoms with van der Waals surface area (Å²) in [6, 6.07) is 7.71. The fraction of sp³-hybridized carbons (Fsp3) is 0.429. The van der Waals surface area contributed by atoms with Crippen molar-refractivity contribution in [2.75, 3.05) is 0 Å². The quantitative estimate of drug-likeness (QED) is 0.866. The number of thiocarbonyl (C=S) groups is 1. The number of hydrogen-bond acceptors (Lipinski definition) is 3. The molecule has 1 fully saturated rings. The smallest absolute Gasteiger partial charge is 0.269 e. The summed E-state index contributed by atoms with van der Waals surface area (Å²) >= 11 is 6.79. The van der Waals surface area contributed by atoms with Gasteiger partial charge in [0.25, 0.3) is 5.56 Å². The number of benzene rings is 1. The van der Waals surface area contributed by atoms with E-state index in [9.17, 15) is 4.79 Å². The average Bonchev–Trinajstić information content (AvgIpc) is 2.78. The molecule has 0 amide bonds. The Bertz CT molecular complexity index is 680. The lowest BCUT2D eigenvalue weighted by Crippen LogP contribution is -2.49. The van der Waals surface area contributed by atoms with Crippen molar-refractivity contribution in [1.82, 2.24) is 3.96 Å². The molecular weight excluding hydrogens is 276 g/mol. The minimum Gasteiger partial charge on any atom is -0.391 e. The van der Waals surface area contributed by atoms with Gasteiger partial charge in [0, 0.05) is 0 Å². The predicted octanol–water partition coefficient (Wildman–Crippen LogP) is 3.01. The zero-order valence-electron chi connectivity index (χ0n) is 10.6. The standard InChI is InChI=1S/C14H16N2OS2/c15-13(18)14(8-4-1-5-9-14)16-12(17)10-6-2-3-7-11(10)19-16/h2-3,6-7H,1,4-5,8-9H2,(H2,15,18). The Kier molecular flexibility index (Phi) is 3.19. The lowest BCUT2D eigenvalue weighted by atomic mass is 9.82. The summed E-state index contributed by atoms with van der Waals surface area (Å²) in [5.74, 6) is 0. The molecule has 0 bridgehead atoms. The first-order valence-electron chi connectivity index (χ1n) is 6.57. The van der Waals surface area contributed by atoms with E-state index >= 15 is 0 Å². The van der Waals surface area contributed by atoms with E-state index in [0.717, 1.165) is 35.8 Å². The molecule has 3 nitrogen and oxygen atoms in total. The van der Waals surface area contributed by atoms with Crippen LogP contribution in [0.25, 0.3) is 10.1 Å². The highest BCUT2D eigenvalue weighted by Gasteiger charge is 2.39. The predicted molar refractivity (Wildman–Crippen MR) is 83.9 cm³/mol. The molecule has 3 rings (SSSR count). The van der Waals surface area contributed by atoms with Gasteiger partial charge in [-0.1, -0.05) is 55.1 Å². The van der Waals surface area contributed by atoms with Crippen molar-refractivity contribution < 1.29 is 0 Å². The number of hydrogen-bond donors (Lipinski definition) is 1.